The fraction of sp³-hybridized carbons (Fsp3) is 0.615. The first-order valence-corrected chi connectivity index (χ1v) is 8.26. The highest BCUT2D eigenvalue weighted by atomic mass is 32.2. The highest BCUT2D eigenvalue weighted by Gasteiger charge is 2.34. The summed E-state index contributed by atoms with van der Waals surface area (Å²) in [6.45, 7) is 1.84. The van der Waals surface area contributed by atoms with E-state index in [1.54, 1.807) is 0 Å². The summed E-state index contributed by atoms with van der Waals surface area (Å²) < 4.78 is 43.9. The van der Waals surface area contributed by atoms with Crippen molar-refractivity contribution in [2.24, 2.45) is 0 Å². The number of aliphatic hydroxyl groups is 1. The number of imidazole rings is 1. The number of rotatable bonds is 4. The molecule has 0 radical (unpaired) electrons. The maximum Gasteiger partial charge on any atom is 0.389 e. The van der Waals surface area contributed by atoms with E-state index in [9.17, 15) is 18.3 Å². The van der Waals surface area contributed by atoms with Crippen molar-refractivity contribution in [1.82, 2.24) is 19.5 Å². The van der Waals surface area contributed by atoms with E-state index >= 15 is 0 Å². The number of halogens is 3. The van der Waals surface area contributed by atoms with Crippen molar-refractivity contribution in [3.05, 3.63) is 6.33 Å². The van der Waals surface area contributed by atoms with Crippen LogP contribution in [0.2, 0.25) is 0 Å². The summed E-state index contributed by atoms with van der Waals surface area (Å²) in [5.74, 6) is -0.129. The van der Waals surface area contributed by atoms with Gasteiger partial charge in [-0.15, -0.1) is 0 Å². The van der Waals surface area contributed by atoms with Crippen molar-refractivity contribution in [3.63, 3.8) is 0 Å². The highest BCUT2D eigenvalue weighted by molar-refractivity contribution is 7.99. The molecule has 0 bridgehead atoms. The van der Waals surface area contributed by atoms with Gasteiger partial charge in [-0.05, 0) is 6.92 Å². The molecular weight excluding hydrogens is 347 g/mol. The minimum Gasteiger partial charge on any atom is -0.388 e. The lowest BCUT2D eigenvalue weighted by atomic mass is 10.2. The Balaban J connectivity index is 1.87. The fourth-order valence-electron chi connectivity index (χ4n) is 2.52. The van der Waals surface area contributed by atoms with Crippen molar-refractivity contribution in [2.45, 2.75) is 49.5 Å². The molecule has 2 aromatic heterocycles. The molecule has 3 N–H and O–H groups in total. The van der Waals surface area contributed by atoms with Crippen LogP contribution >= 0.6 is 11.8 Å². The van der Waals surface area contributed by atoms with E-state index < -0.39 is 24.9 Å². The molecule has 11 heteroatoms. The zero-order valence-electron chi connectivity index (χ0n) is 12.7. The molecule has 0 aromatic carbocycles. The number of hydrogen-bond donors (Lipinski definition) is 2. The van der Waals surface area contributed by atoms with Crippen molar-refractivity contribution in [1.29, 1.82) is 0 Å². The first-order valence-electron chi connectivity index (χ1n) is 7.27. The van der Waals surface area contributed by atoms with Gasteiger partial charge in [-0.3, -0.25) is 4.57 Å². The molecule has 3 rings (SSSR count). The zero-order chi connectivity index (χ0) is 17.5. The van der Waals surface area contributed by atoms with Crippen LogP contribution in [0.1, 0.15) is 26.0 Å². The summed E-state index contributed by atoms with van der Waals surface area (Å²) in [5.41, 5.74) is 6.48. The third-order valence-electron chi connectivity index (χ3n) is 3.59. The quantitative estimate of drug-likeness (QED) is 0.634. The lowest BCUT2D eigenvalue weighted by Gasteiger charge is -2.16. The van der Waals surface area contributed by atoms with E-state index in [0.717, 1.165) is 11.8 Å². The van der Waals surface area contributed by atoms with Crippen LogP contribution in [-0.2, 0) is 4.74 Å². The van der Waals surface area contributed by atoms with Crippen LogP contribution in [0.15, 0.2) is 11.5 Å². The molecule has 0 amide bonds. The average molecular weight is 363 g/mol. The first kappa shape index (κ1) is 17.2. The largest absolute Gasteiger partial charge is 0.389 e. The number of aromatic nitrogens is 4. The Morgan fingerprint density at radius 3 is 2.83 bits per heavy atom. The standard InChI is InChI=1S/C13H16F3N5O2S/c1-6-4-7(22)11(23-6)21-5-18-8-9(17)19-12(20-10(8)21)24-3-2-13(14,15)16/h5-7,11,22H,2-4H2,1H3,(H2,17,19,20)/t6?,7-,11?/m1/s1. The Labute approximate surface area is 139 Å². The number of hydrogen-bond acceptors (Lipinski definition) is 7. The normalized spacial score (nSPS) is 24.8. The van der Waals surface area contributed by atoms with E-state index in [4.69, 9.17) is 10.5 Å². The number of ether oxygens (including phenoxy) is 1. The lowest BCUT2D eigenvalue weighted by molar-refractivity contribution is -0.129. The second-order valence-electron chi connectivity index (χ2n) is 5.57. The van der Waals surface area contributed by atoms with Crippen LogP contribution in [0.5, 0.6) is 0 Å². The predicted molar refractivity (Wildman–Crippen MR) is 81.3 cm³/mol. The molecule has 0 saturated carbocycles. The van der Waals surface area contributed by atoms with Gasteiger partial charge in [0.15, 0.2) is 22.8 Å². The zero-order valence-corrected chi connectivity index (χ0v) is 13.5. The Morgan fingerprint density at radius 2 is 2.21 bits per heavy atom. The third-order valence-corrected chi connectivity index (χ3v) is 4.44. The number of nitrogens with zero attached hydrogens (tertiary/aromatic N) is 4. The summed E-state index contributed by atoms with van der Waals surface area (Å²) in [4.78, 5) is 12.3. The summed E-state index contributed by atoms with van der Waals surface area (Å²) in [5, 5.41) is 10.2. The minimum absolute atomic E-state index is 0.0776. The van der Waals surface area contributed by atoms with Crippen LogP contribution in [0.3, 0.4) is 0 Å². The molecule has 3 atom stereocenters. The fourth-order valence-corrected chi connectivity index (χ4v) is 3.35. The van der Waals surface area contributed by atoms with E-state index in [2.05, 4.69) is 15.0 Å². The van der Waals surface area contributed by atoms with Crippen LogP contribution < -0.4 is 5.73 Å². The van der Waals surface area contributed by atoms with Gasteiger partial charge in [0.2, 0.25) is 0 Å². The van der Waals surface area contributed by atoms with Gasteiger partial charge in [0.05, 0.1) is 18.9 Å². The van der Waals surface area contributed by atoms with E-state index in [1.807, 2.05) is 6.92 Å². The van der Waals surface area contributed by atoms with Gasteiger partial charge in [-0.1, -0.05) is 11.8 Å². The Hall–Kier alpha value is -1.59. The summed E-state index contributed by atoms with van der Waals surface area (Å²) in [6.07, 6.45) is -4.78. The number of nitrogens with two attached hydrogens (primary N) is 1. The Bertz CT molecular complexity index is 738. The highest BCUT2D eigenvalue weighted by Crippen LogP contribution is 2.32. The van der Waals surface area contributed by atoms with Gasteiger partial charge >= 0.3 is 6.18 Å². The van der Waals surface area contributed by atoms with Gasteiger partial charge in [0.25, 0.3) is 0 Å². The number of aliphatic hydroxyl groups excluding tert-OH is 1. The van der Waals surface area contributed by atoms with Gasteiger partial charge < -0.3 is 15.6 Å². The van der Waals surface area contributed by atoms with Gasteiger partial charge in [0, 0.05) is 12.2 Å². The maximum atomic E-state index is 12.3. The molecule has 1 aliphatic rings. The molecule has 132 valence electrons. The lowest BCUT2D eigenvalue weighted by Crippen LogP contribution is -2.19. The molecule has 7 nitrogen and oxygen atoms in total. The molecule has 3 heterocycles. The molecule has 2 aromatic rings. The van der Waals surface area contributed by atoms with Crippen molar-refractivity contribution in [2.75, 3.05) is 11.5 Å². The molecule has 24 heavy (non-hydrogen) atoms. The number of nitrogen functional groups attached to an aromatic ring is 1. The second-order valence-corrected chi connectivity index (χ2v) is 6.63. The van der Waals surface area contributed by atoms with Crippen LogP contribution in [0, 0.1) is 0 Å². The molecule has 0 spiro atoms. The first-order chi connectivity index (χ1) is 11.2. The average Bonchev–Trinajstić information content (AvgIpc) is 3.00. The molecule has 1 fully saturated rings. The van der Waals surface area contributed by atoms with Crippen LogP contribution in [-0.4, -0.2) is 48.8 Å². The molecule has 2 unspecified atom stereocenters. The van der Waals surface area contributed by atoms with E-state index in [-0.39, 0.29) is 22.8 Å². The van der Waals surface area contributed by atoms with Crippen molar-refractivity contribution >= 4 is 28.7 Å². The third kappa shape index (κ3) is 3.57. The monoisotopic (exact) mass is 363 g/mol. The van der Waals surface area contributed by atoms with Gasteiger partial charge in [-0.25, -0.2) is 15.0 Å². The number of alkyl halides is 3. The van der Waals surface area contributed by atoms with E-state index in [0.29, 0.717) is 17.6 Å². The Morgan fingerprint density at radius 1 is 1.46 bits per heavy atom. The van der Waals surface area contributed by atoms with Crippen LogP contribution in [0.25, 0.3) is 11.2 Å². The molecule has 1 saturated heterocycles. The van der Waals surface area contributed by atoms with Gasteiger partial charge in [-0.2, -0.15) is 13.2 Å². The number of anilines is 1. The van der Waals surface area contributed by atoms with Crippen LogP contribution in [0.4, 0.5) is 19.0 Å². The SMILES string of the molecule is CC1C[C@@H](O)C(n2cnc3c(N)nc(SCCC(F)(F)F)nc32)O1. The smallest absolute Gasteiger partial charge is 0.388 e. The minimum atomic E-state index is -4.23. The molecule has 0 aliphatic carbocycles. The summed E-state index contributed by atoms with van der Waals surface area (Å²) >= 11 is 0.866. The molecule has 1 aliphatic heterocycles. The number of fused-ring (bicyclic) bond motifs is 1. The van der Waals surface area contributed by atoms with Crippen molar-refractivity contribution in [3.8, 4) is 0 Å². The van der Waals surface area contributed by atoms with Gasteiger partial charge in [0.1, 0.15) is 11.6 Å². The maximum absolute atomic E-state index is 12.3. The second kappa shape index (κ2) is 6.37. The van der Waals surface area contributed by atoms with Crippen molar-refractivity contribution < 1.29 is 23.0 Å². The Kier molecular flexibility index (Phi) is 4.58. The summed E-state index contributed by atoms with van der Waals surface area (Å²) in [7, 11) is 0. The predicted octanol–water partition coefficient (Wildman–Crippen LogP) is 2.12. The topological polar surface area (TPSA) is 99.1 Å². The number of thioether (sulfide) groups is 1. The summed E-state index contributed by atoms with van der Waals surface area (Å²) in [6, 6.07) is 0. The molecular formula is C13H16F3N5O2S. The van der Waals surface area contributed by atoms with E-state index in [1.165, 1.54) is 10.9 Å².